The van der Waals surface area contributed by atoms with Crippen LogP contribution in [0.2, 0.25) is 5.02 Å². The van der Waals surface area contributed by atoms with Gasteiger partial charge in [0, 0.05) is 43.9 Å². The molecule has 1 unspecified atom stereocenters. The molecule has 3 aromatic rings. The Labute approximate surface area is 153 Å². The number of aromatic nitrogens is 2. The van der Waals surface area contributed by atoms with Gasteiger partial charge in [-0.05, 0) is 48.2 Å². The monoisotopic (exact) mass is 354 g/mol. The van der Waals surface area contributed by atoms with Crippen LogP contribution >= 0.6 is 11.6 Å². The number of nitrogens with zero attached hydrogens (tertiary/aromatic N) is 3. The number of rotatable bonds is 5. The fourth-order valence-electron chi connectivity index (χ4n) is 3.73. The van der Waals surface area contributed by atoms with Gasteiger partial charge in [-0.25, -0.2) is 4.98 Å². The standard InChI is InChI=1S/C20H23ClN4/c1-24-14-23-19-4-2-3-16(20(19)24)12-22-11-15-9-10-25(13-15)18-7-5-17(21)6-8-18/h2-8,14-15,22H,9-13H2,1H3. The Hall–Kier alpha value is -2.04. The number of benzene rings is 2. The average Bonchev–Trinajstić information content (AvgIpc) is 3.24. The number of fused-ring (bicyclic) bond motifs is 1. The van der Waals surface area contributed by atoms with Gasteiger partial charge in [0.15, 0.2) is 0 Å². The van der Waals surface area contributed by atoms with Crippen LogP contribution in [0.3, 0.4) is 0 Å². The zero-order valence-corrected chi connectivity index (χ0v) is 15.2. The molecule has 1 fully saturated rings. The van der Waals surface area contributed by atoms with Gasteiger partial charge in [0.25, 0.3) is 0 Å². The van der Waals surface area contributed by atoms with Crippen molar-refractivity contribution in [2.24, 2.45) is 13.0 Å². The lowest BCUT2D eigenvalue weighted by atomic mass is 10.1. The van der Waals surface area contributed by atoms with Gasteiger partial charge in [-0.15, -0.1) is 0 Å². The van der Waals surface area contributed by atoms with Gasteiger partial charge in [-0.2, -0.15) is 0 Å². The van der Waals surface area contributed by atoms with Crippen molar-refractivity contribution >= 4 is 28.3 Å². The largest absolute Gasteiger partial charge is 0.371 e. The molecule has 1 atom stereocenters. The zero-order chi connectivity index (χ0) is 17.2. The number of halogens is 1. The summed E-state index contributed by atoms with van der Waals surface area (Å²) in [6.07, 6.45) is 3.11. The number of para-hydroxylation sites is 1. The second kappa shape index (κ2) is 7.06. The number of imidazole rings is 1. The third-order valence-corrected chi connectivity index (χ3v) is 5.30. The highest BCUT2D eigenvalue weighted by atomic mass is 35.5. The molecule has 5 heteroatoms. The molecule has 0 amide bonds. The summed E-state index contributed by atoms with van der Waals surface area (Å²) in [4.78, 5) is 6.88. The maximum absolute atomic E-state index is 5.98. The molecular weight excluding hydrogens is 332 g/mol. The predicted molar refractivity (Wildman–Crippen MR) is 104 cm³/mol. The zero-order valence-electron chi connectivity index (χ0n) is 14.5. The predicted octanol–water partition coefficient (Wildman–Crippen LogP) is 3.84. The first kappa shape index (κ1) is 16.4. The number of anilines is 1. The molecule has 1 aliphatic rings. The van der Waals surface area contributed by atoms with Gasteiger partial charge in [0.2, 0.25) is 0 Å². The Morgan fingerprint density at radius 1 is 1.20 bits per heavy atom. The molecule has 4 nitrogen and oxygen atoms in total. The summed E-state index contributed by atoms with van der Waals surface area (Å²) in [6.45, 7) is 4.14. The van der Waals surface area contributed by atoms with Crippen molar-refractivity contribution in [1.82, 2.24) is 14.9 Å². The van der Waals surface area contributed by atoms with Gasteiger partial charge in [0.1, 0.15) is 0 Å². The molecule has 0 spiro atoms. The average molecular weight is 355 g/mol. The smallest absolute Gasteiger partial charge is 0.0955 e. The first-order valence-corrected chi connectivity index (χ1v) is 9.18. The normalized spacial score (nSPS) is 17.5. The van der Waals surface area contributed by atoms with Crippen LogP contribution in [-0.4, -0.2) is 29.2 Å². The lowest BCUT2D eigenvalue weighted by Gasteiger charge is -2.19. The molecule has 2 heterocycles. The molecule has 1 aliphatic heterocycles. The van der Waals surface area contributed by atoms with Crippen molar-refractivity contribution < 1.29 is 0 Å². The van der Waals surface area contributed by atoms with E-state index in [9.17, 15) is 0 Å². The van der Waals surface area contributed by atoms with E-state index < -0.39 is 0 Å². The highest BCUT2D eigenvalue weighted by Gasteiger charge is 2.22. The molecule has 0 saturated carbocycles. The Morgan fingerprint density at radius 3 is 2.88 bits per heavy atom. The van der Waals surface area contributed by atoms with Crippen molar-refractivity contribution in [3.8, 4) is 0 Å². The highest BCUT2D eigenvalue weighted by Crippen LogP contribution is 2.25. The minimum absolute atomic E-state index is 0.682. The highest BCUT2D eigenvalue weighted by molar-refractivity contribution is 6.30. The Bertz CT molecular complexity index is 856. The van der Waals surface area contributed by atoms with Crippen LogP contribution in [-0.2, 0) is 13.6 Å². The van der Waals surface area contributed by atoms with Crippen LogP contribution in [0, 0.1) is 5.92 Å². The third-order valence-electron chi connectivity index (χ3n) is 5.05. The Kier molecular flexibility index (Phi) is 4.64. The van der Waals surface area contributed by atoms with E-state index >= 15 is 0 Å². The number of hydrogen-bond acceptors (Lipinski definition) is 3. The van der Waals surface area contributed by atoms with E-state index in [1.54, 1.807) is 0 Å². The maximum Gasteiger partial charge on any atom is 0.0955 e. The Morgan fingerprint density at radius 2 is 2.04 bits per heavy atom. The summed E-state index contributed by atoms with van der Waals surface area (Å²) in [5.41, 5.74) is 4.87. The summed E-state index contributed by atoms with van der Waals surface area (Å²) in [6, 6.07) is 14.5. The summed E-state index contributed by atoms with van der Waals surface area (Å²) in [7, 11) is 2.06. The van der Waals surface area contributed by atoms with E-state index in [-0.39, 0.29) is 0 Å². The van der Waals surface area contributed by atoms with Gasteiger partial charge >= 0.3 is 0 Å². The molecule has 2 aromatic carbocycles. The molecule has 0 bridgehead atoms. The van der Waals surface area contributed by atoms with Crippen LogP contribution in [0.5, 0.6) is 0 Å². The molecule has 4 rings (SSSR count). The van der Waals surface area contributed by atoms with Crippen LogP contribution in [0.4, 0.5) is 5.69 Å². The lowest BCUT2D eigenvalue weighted by Crippen LogP contribution is -2.26. The quantitative estimate of drug-likeness (QED) is 0.755. The molecule has 130 valence electrons. The van der Waals surface area contributed by atoms with E-state index in [0.29, 0.717) is 5.92 Å². The van der Waals surface area contributed by atoms with Crippen LogP contribution < -0.4 is 10.2 Å². The summed E-state index contributed by atoms with van der Waals surface area (Å²) >= 11 is 5.98. The fraction of sp³-hybridized carbons (Fsp3) is 0.350. The lowest BCUT2D eigenvalue weighted by molar-refractivity contribution is 0.517. The number of hydrogen-bond donors (Lipinski definition) is 1. The second-order valence-corrected chi connectivity index (χ2v) is 7.28. The van der Waals surface area contributed by atoms with Crippen molar-refractivity contribution in [3.05, 3.63) is 59.4 Å². The molecule has 25 heavy (non-hydrogen) atoms. The van der Waals surface area contributed by atoms with E-state index in [0.717, 1.165) is 36.7 Å². The Balaban J connectivity index is 1.33. The molecule has 0 aliphatic carbocycles. The van der Waals surface area contributed by atoms with E-state index in [4.69, 9.17) is 11.6 Å². The first-order chi connectivity index (χ1) is 12.2. The van der Waals surface area contributed by atoms with Crippen LogP contribution in [0.1, 0.15) is 12.0 Å². The van der Waals surface area contributed by atoms with Gasteiger partial charge in [-0.1, -0.05) is 23.7 Å². The molecular formula is C20H23ClN4. The summed E-state index contributed by atoms with van der Waals surface area (Å²) in [5, 5.41) is 4.44. The maximum atomic E-state index is 5.98. The molecule has 1 saturated heterocycles. The van der Waals surface area contributed by atoms with Gasteiger partial charge < -0.3 is 14.8 Å². The van der Waals surface area contributed by atoms with Crippen molar-refractivity contribution in [2.75, 3.05) is 24.5 Å². The summed E-state index contributed by atoms with van der Waals surface area (Å²) < 4.78 is 2.10. The first-order valence-electron chi connectivity index (χ1n) is 8.81. The molecule has 0 radical (unpaired) electrons. The second-order valence-electron chi connectivity index (χ2n) is 6.85. The number of aryl methyl sites for hydroxylation is 1. The topological polar surface area (TPSA) is 33.1 Å². The van der Waals surface area contributed by atoms with Gasteiger partial charge in [-0.3, -0.25) is 0 Å². The molecule has 1 aromatic heterocycles. The van der Waals surface area contributed by atoms with E-state index in [1.165, 1.54) is 23.2 Å². The van der Waals surface area contributed by atoms with E-state index in [2.05, 4.69) is 57.1 Å². The van der Waals surface area contributed by atoms with Gasteiger partial charge in [0.05, 0.1) is 17.4 Å². The van der Waals surface area contributed by atoms with E-state index in [1.807, 2.05) is 18.5 Å². The van der Waals surface area contributed by atoms with Crippen molar-refractivity contribution in [2.45, 2.75) is 13.0 Å². The summed E-state index contributed by atoms with van der Waals surface area (Å²) in [5.74, 6) is 0.682. The third kappa shape index (κ3) is 3.51. The van der Waals surface area contributed by atoms with Crippen LogP contribution in [0.25, 0.3) is 11.0 Å². The minimum Gasteiger partial charge on any atom is -0.371 e. The van der Waals surface area contributed by atoms with Crippen molar-refractivity contribution in [1.29, 1.82) is 0 Å². The number of nitrogens with one attached hydrogen (secondary N) is 1. The minimum atomic E-state index is 0.682. The van der Waals surface area contributed by atoms with Crippen molar-refractivity contribution in [3.63, 3.8) is 0 Å². The fourth-order valence-corrected chi connectivity index (χ4v) is 3.86. The SMILES string of the molecule is Cn1cnc2cccc(CNCC3CCN(c4ccc(Cl)cc4)C3)c21. The molecule has 1 N–H and O–H groups in total. The van der Waals surface area contributed by atoms with Crippen LogP contribution in [0.15, 0.2) is 48.8 Å².